The lowest BCUT2D eigenvalue weighted by molar-refractivity contribution is 0.150. The van der Waals surface area contributed by atoms with Crippen molar-refractivity contribution in [1.82, 2.24) is 0 Å². The SMILES string of the molecule is CCOCCc1c2cccc1Cc1cc(CCl)cc(c1CCOCC)Cc1cc(CCl)cc(c1CCOCC)Cc1cccc(c1CCOCC)C2. The third-order valence-corrected chi connectivity index (χ3v) is 11.0. The van der Waals surface area contributed by atoms with E-state index in [1.54, 1.807) is 0 Å². The molecule has 0 fully saturated rings. The van der Waals surface area contributed by atoms with Crippen LogP contribution in [-0.2, 0) is 82.1 Å². The third kappa shape index (κ3) is 10.7. The molecule has 0 aliphatic heterocycles. The molecule has 0 heterocycles. The quantitative estimate of drug-likeness (QED) is 0.0661. The average molecular weight is 746 g/mol. The van der Waals surface area contributed by atoms with Gasteiger partial charge in [0.1, 0.15) is 0 Å². The van der Waals surface area contributed by atoms with Crippen molar-refractivity contribution in [3.05, 3.63) is 139 Å². The maximum atomic E-state index is 6.67. The number of ether oxygens (including phenoxy) is 4. The maximum Gasteiger partial charge on any atom is 0.0506 e. The van der Waals surface area contributed by atoms with Gasteiger partial charge in [0.15, 0.2) is 0 Å². The van der Waals surface area contributed by atoms with Crippen LogP contribution in [-0.4, -0.2) is 52.9 Å². The van der Waals surface area contributed by atoms with Gasteiger partial charge < -0.3 is 18.9 Å². The van der Waals surface area contributed by atoms with Crippen LogP contribution in [0.25, 0.3) is 0 Å². The van der Waals surface area contributed by atoms with Crippen LogP contribution in [0.15, 0.2) is 60.7 Å². The van der Waals surface area contributed by atoms with E-state index >= 15 is 0 Å². The zero-order valence-electron chi connectivity index (χ0n) is 31.9. The van der Waals surface area contributed by atoms with Crippen LogP contribution in [0.3, 0.4) is 0 Å². The summed E-state index contributed by atoms with van der Waals surface area (Å²) in [6.07, 6.45) is 6.76. The van der Waals surface area contributed by atoms with Crippen LogP contribution >= 0.6 is 23.2 Å². The van der Waals surface area contributed by atoms with Crippen molar-refractivity contribution in [3.8, 4) is 0 Å². The van der Waals surface area contributed by atoms with Crippen LogP contribution in [0.2, 0.25) is 0 Å². The van der Waals surface area contributed by atoms with E-state index in [4.69, 9.17) is 42.1 Å². The maximum absolute atomic E-state index is 6.67. The minimum atomic E-state index is 0.465. The van der Waals surface area contributed by atoms with Crippen molar-refractivity contribution >= 4 is 23.2 Å². The first kappa shape index (κ1) is 40.5. The standard InChI is InChI=1S/C46H58Cl2O4/c1-5-49-19-15-43-35-11-9-13-37(43)28-39-23-33(31-47)25-41(45(39)17-21-51-7-3)30-42-26-34(32-48)24-40(46(42)18-22-52-8-4)29-38-14-10-12-36(27-35)44(38)16-20-50-6-2/h9-14,23-26H,5-8,15-22,27-32H2,1-4H3. The molecule has 6 heteroatoms. The molecule has 0 spiro atoms. The molecule has 0 N–H and O–H groups in total. The molecular weight excluding hydrogens is 687 g/mol. The Balaban J connectivity index is 1.79. The molecule has 4 aromatic rings. The van der Waals surface area contributed by atoms with E-state index in [2.05, 4.69) is 88.4 Å². The van der Waals surface area contributed by atoms with Crippen molar-refractivity contribution in [2.24, 2.45) is 0 Å². The summed E-state index contributed by atoms with van der Waals surface area (Å²) in [5.74, 6) is 0.929. The lowest BCUT2D eigenvalue weighted by Crippen LogP contribution is -2.14. The van der Waals surface area contributed by atoms with E-state index in [0.29, 0.717) is 64.6 Å². The highest BCUT2D eigenvalue weighted by Gasteiger charge is 2.21. The highest BCUT2D eigenvalue weighted by molar-refractivity contribution is 6.17. The minimum absolute atomic E-state index is 0.465. The number of benzene rings is 4. The topological polar surface area (TPSA) is 36.9 Å². The monoisotopic (exact) mass is 744 g/mol. The number of hydrogen-bond donors (Lipinski definition) is 0. The summed E-state index contributed by atoms with van der Waals surface area (Å²) in [5, 5.41) is 0. The van der Waals surface area contributed by atoms with Crippen molar-refractivity contribution in [2.75, 3.05) is 52.9 Å². The number of rotatable bonds is 18. The molecule has 52 heavy (non-hydrogen) atoms. The Labute approximate surface area is 323 Å². The Morgan fingerprint density at radius 2 is 0.654 bits per heavy atom. The predicted octanol–water partition coefficient (Wildman–Crippen LogP) is 10.2. The fraction of sp³-hybridized carbons (Fsp3) is 0.478. The van der Waals surface area contributed by atoms with E-state index in [1.165, 1.54) is 66.8 Å². The van der Waals surface area contributed by atoms with Gasteiger partial charge in [0.2, 0.25) is 0 Å². The van der Waals surface area contributed by atoms with Crippen LogP contribution in [0, 0.1) is 0 Å². The molecule has 8 bridgehead atoms. The largest absolute Gasteiger partial charge is 0.381 e. The zero-order valence-corrected chi connectivity index (χ0v) is 33.4. The van der Waals surface area contributed by atoms with E-state index in [-0.39, 0.29) is 0 Å². The second-order valence-electron chi connectivity index (χ2n) is 13.7. The molecule has 0 unspecified atom stereocenters. The van der Waals surface area contributed by atoms with Crippen LogP contribution in [0.1, 0.15) is 106 Å². The molecule has 0 saturated carbocycles. The number of hydrogen-bond acceptors (Lipinski definition) is 4. The lowest BCUT2D eigenvalue weighted by Gasteiger charge is -2.24. The smallest absolute Gasteiger partial charge is 0.0506 e. The van der Waals surface area contributed by atoms with Gasteiger partial charge in [-0.15, -0.1) is 23.2 Å². The van der Waals surface area contributed by atoms with Crippen molar-refractivity contribution in [2.45, 2.75) is 90.8 Å². The second-order valence-corrected chi connectivity index (χ2v) is 14.2. The van der Waals surface area contributed by atoms with Crippen LogP contribution in [0.5, 0.6) is 0 Å². The number of alkyl halides is 2. The molecule has 0 saturated heterocycles. The predicted molar refractivity (Wildman–Crippen MR) is 217 cm³/mol. The molecule has 280 valence electrons. The van der Waals surface area contributed by atoms with Gasteiger partial charge in [-0.3, -0.25) is 0 Å². The van der Waals surface area contributed by atoms with Gasteiger partial charge in [-0.2, -0.15) is 0 Å². The Morgan fingerprint density at radius 3 is 0.923 bits per heavy atom. The van der Waals surface area contributed by atoms with Crippen molar-refractivity contribution in [3.63, 3.8) is 0 Å². The number of halogens is 2. The average Bonchev–Trinajstić information content (AvgIpc) is 3.15. The van der Waals surface area contributed by atoms with Gasteiger partial charge in [0.05, 0.1) is 26.4 Å². The number of fused-ring (bicyclic) bond motifs is 8. The summed E-state index contributed by atoms with van der Waals surface area (Å²) in [4.78, 5) is 0. The van der Waals surface area contributed by atoms with E-state index in [1.807, 2.05) is 0 Å². The molecule has 0 radical (unpaired) electrons. The van der Waals surface area contributed by atoms with Crippen LogP contribution in [0.4, 0.5) is 0 Å². The summed E-state index contributed by atoms with van der Waals surface area (Å²) < 4.78 is 24.0. The summed E-state index contributed by atoms with van der Waals surface area (Å²) in [6, 6.07) is 23.1. The molecule has 0 amide bonds. The second kappa shape index (κ2) is 21.3. The third-order valence-electron chi connectivity index (χ3n) is 10.4. The molecule has 0 aromatic heterocycles. The van der Waals surface area contributed by atoms with E-state index < -0.39 is 0 Å². The molecule has 1 aliphatic carbocycles. The Bertz CT molecular complexity index is 1610. The summed E-state index contributed by atoms with van der Waals surface area (Å²) in [6.45, 7) is 13.9. The summed E-state index contributed by atoms with van der Waals surface area (Å²) in [7, 11) is 0. The lowest BCUT2D eigenvalue weighted by atomic mass is 9.82. The Morgan fingerprint density at radius 1 is 0.404 bits per heavy atom. The van der Waals surface area contributed by atoms with Gasteiger partial charge >= 0.3 is 0 Å². The first-order valence-corrected chi connectivity index (χ1v) is 20.5. The van der Waals surface area contributed by atoms with Gasteiger partial charge in [0, 0.05) is 38.2 Å². The molecule has 4 nitrogen and oxygen atoms in total. The van der Waals surface area contributed by atoms with Gasteiger partial charge in [-0.25, -0.2) is 0 Å². The molecule has 5 rings (SSSR count). The zero-order chi connectivity index (χ0) is 36.7. The fourth-order valence-electron chi connectivity index (χ4n) is 7.94. The summed E-state index contributed by atoms with van der Waals surface area (Å²) in [5.41, 5.74) is 18.6. The summed E-state index contributed by atoms with van der Waals surface area (Å²) >= 11 is 13.3. The normalized spacial score (nSPS) is 12.7. The fourth-order valence-corrected chi connectivity index (χ4v) is 8.25. The van der Waals surface area contributed by atoms with Crippen molar-refractivity contribution < 1.29 is 18.9 Å². The minimum Gasteiger partial charge on any atom is -0.381 e. The Hall–Kier alpha value is -2.70. The molecule has 4 aromatic carbocycles. The molecule has 0 atom stereocenters. The highest BCUT2D eigenvalue weighted by atomic mass is 35.5. The Kier molecular flexibility index (Phi) is 16.5. The van der Waals surface area contributed by atoms with Gasteiger partial charge in [0.25, 0.3) is 0 Å². The van der Waals surface area contributed by atoms with Gasteiger partial charge in [-0.1, -0.05) is 60.7 Å². The first-order chi connectivity index (χ1) is 25.5. The molecule has 1 aliphatic rings. The molecular formula is C46H58Cl2O4. The highest BCUT2D eigenvalue weighted by Crippen LogP contribution is 2.33. The van der Waals surface area contributed by atoms with Crippen LogP contribution < -0.4 is 0 Å². The van der Waals surface area contributed by atoms with Crippen molar-refractivity contribution in [1.29, 1.82) is 0 Å². The van der Waals surface area contributed by atoms with Gasteiger partial charge in [-0.05, 0) is 157 Å². The van der Waals surface area contributed by atoms with E-state index in [0.717, 1.165) is 62.5 Å². The van der Waals surface area contributed by atoms with E-state index in [9.17, 15) is 0 Å². The first-order valence-electron chi connectivity index (χ1n) is 19.4.